The Kier molecular flexibility index (Phi) is 6.82. The molecule has 0 fully saturated rings. The quantitative estimate of drug-likeness (QED) is 0.250. The van der Waals surface area contributed by atoms with Gasteiger partial charge in [0.15, 0.2) is 9.84 Å². The van der Waals surface area contributed by atoms with Gasteiger partial charge in [-0.15, -0.1) is 11.3 Å². The van der Waals surface area contributed by atoms with Crippen molar-refractivity contribution in [2.45, 2.75) is 25.0 Å². The van der Waals surface area contributed by atoms with Gasteiger partial charge in [-0.1, -0.05) is 36.4 Å². The summed E-state index contributed by atoms with van der Waals surface area (Å²) in [5.74, 6) is 0. The molecule has 6 nitrogen and oxygen atoms in total. The van der Waals surface area contributed by atoms with Crippen LogP contribution in [0.1, 0.15) is 17.0 Å². The van der Waals surface area contributed by atoms with Gasteiger partial charge in [-0.2, -0.15) is 5.10 Å². The van der Waals surface area contributed by atoms with Crippen LogP contribution in [-0.4, -0.2) is 29.4 Å². The molecule has 5 rings (SSSR count). The van der Waals surface area contributed by atoms with Gasteiger partial charge in [-0.05, 0) is 66.6 Å². The Balaban J connectivity index is 1.48. The predicted molar refractivity (Wildman–Crippen MR) is 143 cm³/mol. The van der Waals surface area contributed by atoms with Crippen molar-refractivity contribution in [2.75, 3.05) is 6.26 Å². The number of rotatable bonds is 8. The van der Waals surface area contributed by atoms with Crippen LogP contribution in [0.3, 0.4) is 0 Å². The normalized spacial score (nSPS) is 11.6. The molecule has 8 heteroatoms. The van der Waals surface area contributed by atoms with E-state index in [9.17, 15) is 8.42 Å². The minimum Gasteiger partial charge on any atom is -0.369 e. The fourth-order valence-corrected chi connectivity index (χ4v) is 5.59. The van der Waals surface area contributed by atoms with Crippen LogP contribution in [0.2, 0.25) is 0 Å². The van der Waals surface area contributed by atoms with Crippen molar-refractivity contribution in [3.8, 4) is 26.7 Å². The van der Waals surface area contributed by atoms with E-state index in [1.807, 2.05) is 53.2 Å². The highest BCUT2D eigenvalue weighted by molar-refractivity contribution is 7.90. The first-order valence-electron chi connectivity index (χ1n) is 11.4. The summed E-state index contributed by atoms with van der Waals surface area (Å²) in [5.41, 5.74) is 5.62. The summed E-state index contributed by atoms with van der Waals surface area (Å²) in [5, 5.41) is 4.88. The van der Waals surface area contributed by atoms with E-state index >= 15 is 0 Å². The van der Waals surface area contributed by atoms with Crippen molar-refractivity contribution in [2.24, 2.45) is 0 Å². The third-order valence-electron chi connectivity index (χ3n) is 5.73. The number of pyridine rings is 1. The summed E-state index contributed by atoms with van der Waals surface area (Å²) in [6.07, 6.45) is 2.98. The number of sulfone groups is 1. The zero-order chi connectivity index (χ0) is 25.1. The summed E-state index contributed by atoms with van der Waals surface area (Å²) < 4.78 is 31.9. The summed E-state index contributed by atoms with van der Waals surface area (Å²) in [7, 11) is -3.28. The molecule has 0 aliphatic heterocycles. The number of hydrogen-bond acceptors (Lipinski definition) is 6. The van der Waals surface area contributed by atoms with Crippen molar-refractivity contribution in [1.29, 1.82) is 0 Å². The maximum Gasteiger partial charge on any atom is 0.175 e. The molecule has 0 amide bonds. The van der Waals surface area contributed by atoms with Crippen LogP contribution < -0.4 is 0 Å². The zero-order valence-electron chi connectivity index (χ0n) is 20.0. The summed E-state index contributed by atoms with van der Waals surface area (Å²) in [4.78, 5) is 6.63. The number of para-hydroxylation sites is 1. The number of nitrogens with zero attached hydrogens (tertiary/aromatic N) is 3. The highest BCUT2D eigenvalue weighted by atomic mass is 32.2. The fraction of sp³-hybridized carbons (Fsp3) is 0.143. The van der Waals surface area contributed by atoms with Gasteiger partial charge >= 0.3 is 0 Å². The Hall–Kier alpha value is -3.59. The minimum atomic E-state index is -3.28. The van der Waals surface area contributed by atoms with E-state index in [0.29, 0.717) is 18.1 Å². The molecule has 0 N–H and O–H groups in total. The second-order valence-electron chi connectivity index (χ2n) is 8.50. The zero-order valence-corrected chi connectivity index (χ0v) is 21.6. The third kappa shape index (κ3) is 5.31. The lowest BCUT2D eigenvalue weighted by Crippen LogP contribution is -2.02. The smallest absolute Gasteiger partial charge is 0.175 e. The number of benzene rings is 2. The Labute approximate surface area is 214 Å². The minimum absolute atomic E-state index is 0.312. The van der Waals surface area contributed by atoms with Crippen LogP contribution >= 0.6 is 11.3 Å². The topological polar surface area (TPSA) is 74.1 Å². The van der Waals surface area contributed by atoms with Crippen LogP contribution in [0.15, 0.2) is 96.0 Å². The fourth-order valence-electron chi connectivity index (χ4n) is 3.92. The van der Waals surface area contributed by atoms with Gasteiger partial charge in [0.05, 0.1) is 45.8 Å². The molecule has 0 bridgehead atoms. The molecule has 3 aromatic heterocycles. The lowest BCUT2D eigenvalue weighted by Gasteiger charge is -2.09. The van der Waals surface area contributed by atoms with Crippen molar-refractivity contribution < 1.29 is 13.2 Å². The van der Waals surface area contributed by atoms with Gasteiger partial charge < -0.3 is 4.74 Å². The molecule has 0 atom stereocenters. The van der Waals surface area contributed by atoms with E-state index in [4.69, 9.17) is 9.84 Å². The first kappa shape index (κ1) is 24.1. The Morgan fingerprint density at radius 1 is 0.861 bits per heavy atom. The van der Waals surface area contributed by atoms with Crippen LogP contribution in [0.4, 0.5) is 0 Å². The maximum absolute atomic E-state index is 12.0. The molecule has 0 saturated heterocycles. The monoisotopic (exact) mass is 515 g/mol. The molecule has 0 saturated carbocycles. The largest absolute Gasteiger partial charge is 0.369 e. The standard InChI is InChI=1S/C28H25N3O3S2/c1-20-8-3-4-12-25(20)31-26(17-23(30-31)19-34-18-22-10-5-6-15-29-22)28-14-13-27(35-28)21-9-7-11-24(16-21)36(2,32)33/h3-17H,18-19H2,1-2H3. The van der Waals surface area contributed by atoms with Gasteiger partial charge in [-0.25, -0.2) is 13.1 Å². The number of ether oxygens (including phenoxy) is 1. The van der Waals surface area contributed by atoms with Crippen LogP contribution in [0.25, 0.3) is 26.7 Å². The molecule has 0 aliphatic carbocycles. The van der Waals surface area contributed by atoms with Gasteiger partial charge in [0, 0.05) is 17.3 Å². The average Bonchev–Trinajstić information content (AvgIpc) is 3.52. The van der Waals surface area contributed by atoms with Gasteiger partial charge in [-0.3, -0.25) is 4.98 Å². The Morgan fingerprint density at radius 3 is 2.42 bits per heavy atom. The van der Waals surface area contributed by atoms with E-state index in [2.05, 4.69) is 30.1 Å². The molecule has 0 unspecified atom stereocenters. The van der Waals surface area contributed by atoms with E-state index in [1.54, 1.807) is 35.7 Å². The second-order valence-corrected chi connectivity index (χ2v) is 11.6. The van der Waals surface area contributed by atoms with E-state index in [0.717, 1.165) is 43.7 Å². The molecule has 3 heterocycles. The first-order valence-corrected chi connectivity index (χ1v) is 14.1. The molecule has 5 aromatic rings. The average molecular weight is 516 g/mol. The van der Waals surface area contributed by atoms with Gasteiger partial charge in [0.2, 0.25) is 0 Å². The second kappa shape index (κ2) is 10.2. The lowest BCUT2D eigenvalue weighted by molar-refractivity contribution is 0.102. The summed E-state index contributed by atoms with van der Waals surface area (Å²) in [6.45, 7) is 2.83. The van der Waals surface area contributed by atoms with Gasteiger partial charge in [0.1, 0.15) is 0 Å². The molecule has 2 aromatic carbocycles. The van der Waals surface area contributed by atoms with Crippen molar-refractivity contribution in [1.82, 2.24) is 14.8 Å². The summed E-state index contributed by atoms with van der Waals surface area (Å²) in [6, 6.07) is 27.1. The van der Waals surface area contributed by atoms with Crippen molar-refractivity contribution in [3.63, 3.8) is 0 Å². The van der Waals surface area contributed by atoms with Crippen LogP contribution in [-0.2, 0) is 27.8 Å². The highest BCUT2D eigenvalue weighted by Crippen LogP contribution is 2.36. The molecule has 36 heavy (non-hydrogen) atoms. The van der Waals surface area contributed by atoms with E-state index in [1.165, 1.54) is 6.26 Å². The number of aryl methyl sites for hydroxylation is 1. The van der Waals surface area contributed by atoms with Crippen LogP contribution in [0.5, 0.6) is 0 Å². The molecule has 0 radical (unpaired) electrons. The van der Waals surface area contributed by atoms with Crippen LogP contribution in [0, 0.1) is 6.92 Å². The molecular weight excluding hydrogens is 490 g/mol. The highest BCUT2D eigenvalue weighted by Gasteiger charge is 2.16. The molecule has 182 valence electrons. The lowest BCUT2D eigenvalue weighted by atomic mass is 10.2. The Bertz CT molecular complexity index is 1610. The van der Waals surface area contributed by atoms with Gasteiger partial charge in [0.25, 0.3) is 0 Å². The molecular formula is C28H25N3O3S2. The SMILES string of the molecule is Cc1ccccc1-n1nc(COCc2ccccn2)cc1-c1ccc(-c2cccc(S(C)(=O)=O)c2)s1. The molecule has 0 spiro atoms. The van der Waals surface area contributed by atoms with E-state index < -0.39 is 9.84 Å². The third-order valence-corrected chi connectivity index (χ3v) is 8.00. The van der Waals surface area contributed by atoms with Crippen molar-refractivity contribution in [3.05, 3.63) is 108 Å². The Morgan fingerprint density at radius 2 is 1.64 bits per heavy atom. The maximum atomic E-state index is 12.0. The molecule has 0 aliphatic rings. The number of thiophene rings is 1. The predicted octanol–water partition coefficient (Wildman–Crippen LogP) is 6.09. The number of hydrogen-bond donors (Lipinski definition) is 0. The number of aromatic nitrogens is 3. The first-order chi connectivity index (χ1) is 17.4. The van der Waals surface area contributed by atoms with Crippen molar-refractivity contribution >= 4 is 21.2 Å². The summed E-state index contributed by atoms with van der Waals surface area (Å²) >= 11 is 1.60. The van der Waals surface area contributed by atoms with E-state index in [-0.39, 0.29) is 0 Å².